The number of hydrogen-bond acceptors (Lipinski definition) is 4. The number of nitriles is 1. The summed E-state index contributed by atoms with van der Waals surface area (Å²) in [6, 6.07) is 13.0. The molecule has 25 heavy (non-hydrogen) atoms. The molecule has 1 aliphatic carbocycles. The summed E-state index contributed by atoms with van der Waals surface area (Å²) in [6.45, 7) is 3.79. The molecular weight excluding hydrogens is 314 g/mol. The first kappa shape index (κ1) is 16.6. The number of benzene rings is 1. The normalized spacial score (nSPS) is 28.5. The zero-order valence-corrected chi connectivity index (χ0v) is 14.6. The van der Waals surface area contributed by atoms with E-state index in [-0.39, 0.29) is 18.1 Å². The molecule has 1 amide bonds. The van der Waals surface area contributed by atoms with Gasteiger partial charge in [0.2, 0.25) is 5.91 Å². The maximum atomic E-state index is 13.0. The van der Waals surface area contributed by atoms with Crippen LogP contribution in [0.2, 0.25) is 0 Å². The highest BCUT2D eigenvalue weighted by Gasteiger charge is 2.49. The van der Waals surface area contributed by atoms with E-state index in [1.54, 1.807) is 0 Å². The first-order valence-corrected chi connectivity index (χ1v) is 9.32. The van der Waals surface area contributed by atoms with Crippen LogP contribution in [0.1, 0.15) is 31.2 Å². The van der Waals surface area contributed by atoms with Crippen LogP contribution >= 0.6 is 0 Å². The topological polar surface area (TPSA) is 56.6 Å². The van der Waals surface area contributed by atoms with Crippen molar-refractivity contribution in [2.24, 2.45) is 5.41 Å². The molecule has 5 heteroatoms. The number of morpholine rings is 1. The van der Waals surface area contributed by atoms with E-state index in [1.807, 2.05) is 11.0 Å². The summed E-state index contributed by atoms with van der Waals surface area (Å²) < 4.78 is 5.96. The number of rotatable bonds is 3. The van der Waals surface area contributed by atoms with Gasteiger partial charge >= 0.3 is 0 Å². The van der Waals surface area contributed by atoms with Crippen LogP contribution in [-0.4, -0.2) is 54.1 Å². The minimum Gasteiger partial charge on any atom is -0.373 e. The van der Waals surface area contributed by atoms with E-state index >= 15 is 0 Å². The number of likely N-dealkylation sites (tertiary alicyclic amines) is 1. The Morgan fingerprint density at radius 3 is 2.72 bits per heavy atom. The van der Waals surface area contributed by atoms with Crippen molar-refractivity contribution < 1.29 is 9.53 Å². The quantitative estimate of drug-likeness (QED) is 0.847. The molecule has 0 aromatic heterocycles. The molecule has 5 nitrogen and oxygen atoms in total. The fourth-order valence-electron chi connectivity index (χ4n) is 4.59. The lowest BCUT2D eigenvalue weighted by Crippen LogP contribution is -2.50. The average molecular weight is 339 g/mol. The molecule has 1 aromatic rings. The fourth-order valence-corrected chi connectivity index (χ4v) is 4.59. The number of carbonyl (C=O) groups is 1. The summed E-state index contributed by atoms with van der Waals surface area (Å²) >= 11 is 0. The lowest BCUT2D eigenvalue weighted by atomic mass is 9.86. The summed E-state index contributed by atoms with van der Waals surface area (Å²) in [6.07, 6.45) is 3.46. The van der Waals surface area contributed by atoms with Gasteiger partial charge in [-0.05, 0) is 18.4 Å². The molecule has 132 valence electrons. The zero-order chi connectivity index (χ0) is 17.3. The van der Waals surface area contributed by atoms with Crippen molar-refractivity contribution in [1.29, 1.82) is 5.26 Å². The van der Waals surface area contributed by atoms with Gasteiger partial charge in [-0.1, -0.05) is 43.2 Å². The lowest BCUT2D eigenvalue weighted by Gasteiger charge is -2.36. The smallest absolute Gasteiger partial charge is 0.243 e. The number of amides is 1. The van der Waals surface area contributed by atoms with E-state index in [4.69, 9.17) is 4.74 Å². The molecule has 3 fully saturated rings. The summed E-state index contributed by atoms with van der Waals surface area (Å²) in [4.78, 5) is 17.4. The molecule has 0 bridgehead atoms. The third kappa shape index (κ3) is 3.05. The minimum absolute atomic E-state index is 0.0326. The van der Waals surface area contributed by atoms with Crippen molar-refractivity contribution >= 4 is 5.91 Å². The molecular formula is C20H25N3O2. The number of carbonyl (C=O) groups excluding carboxylic acids is 1. The molecule has 4 rings (SSSR count). The van der Waals surface area contributed by atoms with E-state index in [0.29, 0.717) is 32.5 Å². The molecule has 0 N–H and O–H groups in total. The first-order chi connectivity index (χ1) is 12.2. The Morgan fingerprint density at radius 2 is 2.00 bits per heavy atom. The van der Waals surface area contributed by atoms with Gasteiger partial charge in [0.15, 0.2) is 0 Å². The molecule has 2 atom stereocenters. The Kier molecular flexibility index (Phi) is 4.49. The molecule has 2 heterocycles. The third-order valence-corrected chi connectivity index (χ3v) is 6.01. The summed E-state index contributed by atoms with van der Waals surface area (Å²) in [5.74, 6) is 0.0326. The second-order valence-electron chi connectivity index (χ2n) is 7.54. The predicted molar refractivity (Wildman–Crippen MR) is 93.5 cm³/mol. The van der Waals surface area contributed by atoms with Crippen LogP contribution in [0.15, 0.2) is 30.3 Å². The molecule has 2 aliphatic heterocycles. The maximum Gasteiger partial charge on any atom is 0.243 e. The van der Waals surface area contributed by atoms with Crippen LogP contribution in [0.3, 0.4) is 0 Å². The third-order valence-electron chi connectivity index (χ3n) is 6.01. The van der Waals surface area contributed by atoms with Gasteiger partial charge < -0.3 is 9.64 Å². The van der Waals surface area contributed by atoms with Gasteiger partial charge in [-0.15, -0.1) is 0 Å². The van der Waals surface area contributed by atoms with Crippen LogP contribution in [0, 0.1) is 16.7 Å². The second-order valence-corrected chi connectivity index (χ2v) is 7.54. The molecule has 0 spiro atoms. The summed E-state index contributed by atoms with van der Waals surface area (Å²) in [5.41, 5.74) is 0.509. The Morgan fingerprint density at radius 1 is 1.24 bits per heavy atom. The Balaban J connectivity index is 1.47. The predicted octanol–water partition coefficient (Wildman–Crippen LogP) is 2.18. The maximum absolute atomic E-state index is 13.0. The highest BCUT2D eigenvalue weighted by atomic mass is 16.5. The van der Waals surface area contributed by atoms with Gasteiger partial charge in [-0.25, -0.2) is 0 Å². The molecule has 1 saturated carbocycles. The summed E-state index contributed by atoms with van der Waals surface area (Å²) in [7, 11) is 0. The molecule has 2 unspecified atom stereocenters. The fraction of sp³-hybridized carbons (Fsp3) is 0.600. The van der Waals surface area contributed by atoms with E-state index < -0.39 is 5.41 Å². The van der Waals surface area contributed by atoms with Crippen LogP contribution in [0.4, 0.5) is 0 Å². The number of ether oxygens (including phenoxy) is 1. The minimum atomic E-state index is -0.780. The zero-order valence-electron chi connectivity index (χ0n) is 14.6. The van der Waals surface area contributed by atoms with Crippen LogP contribution in [0.25, 0.3) is 0 Å². The van der Waals surface area contributed by atoms with E-state index in [1.165, 1.54) is 5.56 Å². The van der Waals surface area contributed by atoms with Crippen molar-refractivity contribution in [3.63, 3.8) is 0 Å². The van der Waals surface area contributed by atoms with Gasteiger partial charge in [0.05, 0.1) is 24.8 Å². The number of fused-ring (bicyclic) bond motifs is 1. The van der Waals surface area contributed by atoms with Crippen molar-refractivity contribution in [1.82, 2.24) is 9.80 Å². The largest absolute Gasteiger partial charge is 0.373 e. The lowest BCUT2D eigenvalue weighted by molar-refractivity contribution is -0.138. The summed E-state index contributed by atoms with van der Waals surface area (Å²) in [5, 5.41) is 9.61. The van der Waals surface area contributed by atoms with E-state index in [0.717, 1.165) is 25.9 Å². The average Bonchev–Trinajstić information content (AvgIpc) is 3.30. The molecule has 2 saturated heterocycles. The van der Waals surface area contributed by atoms with Crippen LogP contribution in [-0.2, 0) is 16.1 Å². The first-order valence-electron chi connectivity index (χ1n) is 9.32. The van der Waals surface area contributed by atoms with Gasteiger partial charge in [-0.3, -0.25) is 9.69 Å². The monoisotopic (exact) mass is 339 g/mol. The molecule has 3 aliphatic rings. The van der Waals surface area contributed by atoms with Crippen LogP contribution in [0.5, 0.6) is 0 Å². The SMILES string of the molecule is N#CC1(C(=O)N2CC3OCCN(Cc4ccccc4)C3C2)CCCC1. The van der Waals surface area contributed by atoms with Gasteiger partial charge in [0.1, 0.15) is 5.41 Å². The van der Waals surface area contributed by atoms with E-state index in [9.17, 15) is 10.1 Å². The number of nitrogens with zero attached hydrogens (tertiary/aromatic N) is 3. The van der Waals surface area contributed by atoms with Gasteiger partial charge in [0, 0.05) is 26.2 Å². The van der Waals surface area contributed by atoms with Gasteiger partial charge in [-0.2, -0.15) is 5.26 Å². The van der Waals surface area contributed by atoms with Crippen molar-refractivity contribution in [3.8, 4) is 6.07 Å². The molecule has 0 radical (unpaired) electrons. The van der Waals surface area contributed by atoms with E-state index in [2.05, 4.69) is 35.2 Å². The van der Waals surface area contributed by atoms with Gasteiger partial charge in [0.25, 0.3) is 0 Å². The molecule has 1 aromatic carbocycles. The standard InChI is InChI=1S/C20H25N3O2/c21-15-20(8-4-5-9-20)19(24)23-13-17-18(14-23)25-11-10-22(17)12-16-6-2-1-3-7-16/h1-3,6-7,17-18H,4-5,8-14H2. The highest BCUT2D eigenvalue weighted by molar-refractivity contribution is 5.86. The number of hydrogen-bond donors (Lipinski definition) is 0. The Bertz CT molecular complexity index is 663. The van der Waals surface area contributed by atoms with Crippen molar-refractivity contribution in [2.75, 3.05) is 26.2 Å². The van der Waals surface area contributed by atoms with Crippen molar-refractivity contribution in [2.45, 2.75) is 44.4 Å². The second kappa shape index (κ2) is 6.78. The highest BCUT2D eigenvalue weighted by Crippen LogP contribution is 2.40. The van der Waals surface area contributed by atoms with Crippen LogP contribution < -0.4 is 0 Å². The Labute approximate surface area is 149 Å². The Hall–Kier alpha value is -1.90. The van der Waals surface area contributed by atoms with Crippen molar-refractivity contribution in [3.05, 3.63) is 35.9 Å².